The summed E-state index contributed by atoms with van der Waals surface area (Å²) in [7, 11) is 0. The average molecular weight is 375 g/mol. The fourth-order valence-electron chi connectivity index (χ4n) is 2.70. The zero-order valence-electron chi connectivity index (χ0n) is 14.2. The molecule has 0 saturated carbocycles. The Kier molecular flexibility index (Phi) is 4.68. The highest BCUT2D eigenvalue weighted by atomic mass is 35.5. The summed E-state index contributed by atoms with van der Waals surface area (Å²) in [6.45, 7) is 0. The maximum atomic E-state index is 12.3. The number of carbonyl (C=O) groups excluding carboxylic acids is 1. The van der Waals surface area contributed by atoms with Crippen molar-refractivity contribution < 1.29 is 4.79 Å². The van der Waals surface area contributed by atoms with Crippen molar-refractivity contribution in [3.8, 4) is 11.4 Å². The van der Waals surface area contributed by atoms with Crippen LogP contribution in [0.3, 0.4) is 0 Å². The number of hydrogen-bond donors (Lipinski definition) is 2. The quantitative estimate of drug-likeness (QED) is 0.403. The van der Waals surface area contributed by atoms with Crippen LogP contribution in [0.4, 0.5) is 0 Å². The fraction of sp³-hybridized carbons (Fsp3) is 0. The second-order valence-electron chi connectivity index (χ2n) is 5.94. The molecule has 0 aliphatic carbocycles. The fourth-order valence-corrected chi connectivity index (χ4v) is 2.90. The largest absolute Gasteiger partial charge is 0.338 e. The van der Waals surface area contributed by atoms with E-state index in [0.29, 0.717) is 10.6 Å². The van der Waals surface area contributed by atoms with Crippen LogP contribution in [0.1, 0.15) is 15.9 Å². The summed E-state index contributed by atoms with van der Waals surface area (Å²) in [6.07, 6.45) is 1.55. The van der Waals surface area contributed by atoms with Crippen LogP contribution >= 0.6 is 11.6 Å². The minimum absolute atomic E-state index is 0.300. The Morgan fingerprint density at radius 2 is 1.89 bits per heavy atom. The van der Waals surface area contributed by atoms with Crippen LogP contribution in [-0.2, 0) is 0 Å². The van der Waals surface area contributed by atoms with E-state index >= 15 is 0 Å². The number of hydrogen-bond acceptors (Lipinski definition) is 3. The molecule has 0 bridgehead atoms. The number of nitrogens with one attached hydrogen (secondary N) is 2. The first-order valence-electron chi connectivity index (χ1n) is 8.33. The van der Waals surface area contributed by atoms with Gasteiger partial charge in [0.2, 0.25) is 0 Å². The van der Waals surface area contributed by atoms with Crippen molar-refractivity contribution in [3.63, 3.8) is 0 Å². The summed E-state index contributed by atoms with van der Waals surface area (Å²) in [5.41, 5.74) is 6.40. The Morgan fingerprint density at radius 1 is 1.04 bits per heavy atom. The van der Waals surface area contributed by atoms with Crippen molar-refractivity contribution in [2.24, 2.45) is 5.10 Å². The molecule has 0 fully saturated rings. The van der Waals surface area contributed by atoms with Crippen molar-refractivity contribution >= 4 is 34.8 Å². The van der Waals surface area contributed by atoms with Gasteiger partial charge in [0.25, 0.3) is 5.91 Å². The second-order valence-corrected chi connectivity index (χ2v) is 6.37. The van der Waals surface area contributed by atoms with E-state index in [4.69, 9.17) is 11.6 Å². The minimum Gasteiger partial charge on any atom is -0.338 e. The number of nitrogens with zero attached hydrogens (tertiary/aromatic N) is 2. The van der Waals surface area contributed by atoms with Crippen LogP contribution in [0.15, 0.2) is 77.9 Å². The van der Waals surface area contributed by atoms with Crippen molar-refractivity contribution in [3.05, 3.63) is 88.9 Å². The van der Waals surface area contributed by atoms with E-state index in [0.717, 1.165) is 28.0 Å². The van der Waals surface area contributed by atoms with Crippen molar-refractivity contribution in [2.75, 3.05) is 0 Å². The molecule has 5 nitrogen and oxygen atoms in total. The van der Waals surface area contributed by atoms with Crippen LogP contribution in [0, 0.1) is 0 Å². The van der Waals surface area contributed by atoms with E-state index < -0.39 is 0 Å². The molecule has 0 aliphatic heterocycles. The lowest BCUT2D eigenvalue weighted by Gasteiger charge is -2.00. The first-order chi connectivity index (χ1) is 13.2. The van der Waals surface area contributed by atoms with Crippen LogP contribution < -0.4 is 5.43 Å². The first-order valence-corrected chi connectivity index (χ1v) is 8.71. The molecule has 27 heavy (non-hydrogen) atoms. The third-order valence-corrected chi connectivity index (χ3v) is 4.25. The van der Waals surface area contributed by atoms with E-state index in [1.165, 1.54) is 0 Å². The van der Waals surface area contributed by atoms with Gasteiger partial charge in [0.15, 0.2) is 0 Å². The SMILES string of the molecule is O=C(N/N=C/c1cccc(Cl)c1)c1ccc2nc(-c3ccccc3)[nH]c2c1. The molecule has 4 aromatic rings. The van der Waals surface area contributed by atoms with Gasteiger partial charge in [-0.1, -0.05) is 54.1 Å². The number of hydrazone groups is 1. The molecule has 3 aromatic carbocycles. The highest BCUT2D eigenvalue weighted by Crippen LogP contribution is 2.21. The Morgan fingerprint density at radius 3 is 2.70 bits per heavy atom. The normalized spacial score (nSPS) is 11.1. The van der Waals surface area contributed by atoms with Crippen LogP contribution in [0.25, 0.3) is 22.4 Å². The zero-order chi connectivity index (χ0) is 18.6. The Balaban J connectivity index is 1.52. The monoisotopic (exact) mass is 374 g/mol. The maximum absolute atomic E-state index is 12.3. The standard InChI is InChI=1S/C21H15ClN4O/c22-17-8-4-5-14(11-17)13-23-26-21(27)16-9-10-18-19(12-16)25-20(24-18)15-6-2-1-3-7-15/h1-13H,(H,24,25)(H,26,27)/b23-13+. The lowest BCUT2D eigenvalue weighted by atomic mass is 10.2. The number of halogens is 1. The number of rotatable bonds is 4. The lowest BCUT2D eigenvalue weighted by Crippen LogP contribution is -2.17. The molecule has 1 heterocycles. The predicted octanol–water partition coefficient (Wildman–Crippen LogP) is 4.65. The summed E-state index contributed by atoms with van der Waals surface area (Å²) < 4.78 is 0. The topological polar surface area (TPSA) is 70.1 Å². The van der Waals surface area contributed by atoms with Gasteiger partial charge < -0.3 is 4.98 Å². The molecule has 2 N–H and O–H groups in total. The summed E-state index contributed by atoms with van der Waals surface area (Å²) >= 11 is 5.93. The molecular weight excluding hydrogens is 360 g/mol. The average Bonchev–Trinajstić information content (AvgIpc) is 3.12. The van der Waals surface area contributed by atoms with Crippen LogP contribution in [0.5, 0.6) is 0 Å². The highest BCUT2D eigenvalue weighted by Gasteiger charge is 2.09. The number of aromatic amines is 1. The van der Waals surface area contributed by atoms with Gasteiger partial charge in [-0.25, -0.2) is 10.4 Å². The van der Waals surface area contributed by atoms with Gasteiger partial charge in [-0.05, 0) is 35.9 Å². The molecule has 0 saturated heterocycles. The summed E-state index contributed by atoms with van der Waals surface area (Å²) in [5.74, 6) is 0.466. The molecule has 1 aromatic heterocycles. The molecule has 0 aliphatic rings. The number of aromatic nitrogens is 2. The van der Waals surface area contributed by atoms with E-state index in [1.54, 1.807) is 30.5 Å². The van der Waals surface area contributed by atoms with Gasteiger partial charge in [0.05, 0.1) is 17.2 Å². The summed E-state index contributed by atoms with van der Waals surface area (Å²) in [4.78, 5) is 20.2. The Hall–Kier alpha value is -3.44. The molecule has 0 spiro atoms. The van der Waals surface area contributed by atoms with E-state index in [-0.39, 0.29) is 5.91 Å². The lowest BCUT2D eigenvalue weighted by molar-refractivity contribution is 0.0955. The number of fused-ring (bicyclic) bond motifs is 1. The molecule has 1 amide bonds. The van der Waals surface area contributed by atoms with E-state index in [9.17, 15) is 4.79 Å². The smallest absolute Gasteiger partial charge is 0.271 e. The molecule has 0 atom stereocenters. The Labute approximate surface area is 160 Å². The molecule has 0 unspecified atom stereocenters. The van der Waals surface area contributed by atoms with Crippen molar-refractivity contribution in [2.45, 2.75) is 0 Å². The Bertz CT molecular complexity index is 1140. The molecule has 6 heteroatoms. The van der Waals surface area contributed by atoms with Gasteiger partial charge in [-0.2, -0.15) is 5.10 Å². The van der Waals surface area contributed by atoms with Gasteiger partial charge in [0.1, 0.15) is 5.82 Å². The number of H-pyrrole nitrogens is 1. The summed E-state index contributed by atoms with van der Waals surface area (Å²) in [5, 5.41) is 4.60. The molecular formula is C21H15ClN4O. The number of benzene rings is 3. The third kappa shape index (κ3) is 3.88. The third-order valence-electron chi connectivity index (χ3n) is 4.02. The van der Waals surface area contributed by atoms with Gasteiger partial charge >= 0.3 is 0 Å². The maximum Gasteiger partial charge on any atom is 0.271 e. The zero-order valence-corrected chi connectivity index (χ0v) is 14.9. The summed E-state index contributed by atoms with van der Waals surface area (Å²) in [6, 6.07) is 22.4. The number of carbonyl (C=O) groups is 1. The van der Waals surface area contributed by atoms with E-state index in [1.807, 2.05) is 48.5 Å². The van der Waals surface area contributed by atoms with Gasteiger partial charge in [0, 0.05) is 16.1 Å². The number of imidazole rings is 1. The molecule has 132 valence electrons. The van der Waals surface area contributed by atoms with Gasteiger partial charge in [-0.3, -0.25) is 4.79 Å². The molecule has 0 radical (unpaired) electrons. The minimum atomic E-state index is -0.300. The predicted molar refractivity (Wildman–Crippen MR) is 108 cm³/mol. The van der Waals surface area contributed by atoms with Crippen LogP contribution in [-0.4, -0.2) is 22.1 Å². The number of amides is 1. The molecule has 4 rings (SSSR count). The first kappa shape index (κ1) is 17.0. The second kappa shape index (κ2) is 7.43. The highest BCUT2D eigenvalue weighted by molar-refractivity contribution is 6.30. The van der Waals surface area contributed by atoms with Crippen molar-refractivity contribution in [1.82, 2.24) is 15.4 Å². The van der Waals surface area contributed by atoms with Crippen molar-refractivity contribution in [1.29, 1.82) is 0 Å². The van der Waals surface area contributed by atoms with Crippen LogP contribution in [0.2, 0.25) is 5.02 Å². The van der Waals surface area contributed by atoms with Gasteiger partial charge in [-0.15, -0.1) is 0 Å². The van der Waals surface area contributed by atoms with E-state index in [2.05, 4.69) is 20.5 Å².